The van der Waals surface area contributed by atoms with Crippen LogP contribution in [-0.4, -0.2) is 0 Å². The molecule has 0 amide bonds. The fourth-order valence-electron chi connectivity index (χ4n) is 0.581. The van der Waals surface area contributed by atoms with Crippen LogP contribution in [0.25, 0.3) is 0 Å². The minimum atomic E-state index is 0.812. The molecule has 0 rings (SSSR count). The standard InChI is InChI=1S/C9H18.C2H4/c1-5-9(4)7-6-8(2)3;1-2/h7-8H,5-6H2,1-4H3;1-2H2/b9-7-;. The molecule has 0 aliphatic rings. The van der Waals surface area contributed by atoms with E-state index < -0.39 is 0 Å². The van der Waals surface area contributed by atoms with Crippen molar-refractivity contribution in [1.82, 2.24) is 0 Å². The summed E-state index contributed by atoms with van der Waals surface area (Å²) in [4.78, 5) is 0. The molecule has 66 valence electrons. The largest absolute Gasteiger partial charge is 0.106 e. The van der Waals surface area contributed by atoms with Crippen molar-refractivity contribution in [2.75, 3.05) is 0 Å². The van der Waals surface area contributed by atoms with Gasteiger partial charge in [0.15, 0.2) is 0 Å². The lowest BCUT2D eigenvalue weighted by Crippen LogP contribution is -1.83. The van der Waals surface area contributed by atoms with E-state index in [-0.39, 0.29) is 0 Å². The van der Waals surface area contributed by atoms with E-state index in [2.05, 4.69) is 46.9 Å². The summed E-state index contributed by atoms with van der Waals surface area (Å²) in [6, 6.07) is 0. The maximum absolute atomic E-state index is 3.00. The molecule has 0 nitrogen and oxygen atoms in total. The van der Waals surface area contributed by atoms with Crippen LogP contribution < -0.4 is 0 Å². The molecule has 0 heterocycles. The van der Waals surface area contributed by atoms with Gasteiger partial charge < -0.3 is 0 Å². The van der Waals surface area contributed by atoms with Crippen LogP contribution in [-0.2, 0) is 0 Å². The predicted octanol–water partition coefficient (Wildman–Crippen LogP) is 4.19. The number of allylic oxidation sites excluding steroid dienone is 2. The van der Waals surface area contributed by atoms with Gasteiger partial charge in [0.25, 0.3) is 0 Å². The molecule has 0 aromatic carbocycles. The van der Waals surface area contributed by atoms with E-state index in [1.54, 1.807) is 0 Å². The first-order chi connectivity index (χ1) is 5.16. The van der Waals surface area contributed by atoms with E-state index in [9.17, 15) is 0 Å². The van der Waals surface area contributed by atoms with Crippen LogP contribution >= 0.6 is 0 Å². The lowest BCUT2D eigenvalue weighted by molar-refractivity contribution is 0.660. The summed E-state index contributed by atoms with van der Waals surface area (Å²) in [5, 5.41) is 0. The maximum atomic E-state index is 3.00. The second kappa shape index (κ2) is 9.48. The van der Waals surface area contributed by atoms with Crippen LogP contribution in [0.3, 0.4) is 0 Å². The van der Waals surface area contributed by atoms with Crippen molar-refractivity contribution in [3.05, 3.63) is 24.8 Å². The third kappa shape index (κ3) is 12.6. The fourth-order valence-corrected chi connectivity index (χ4v) is 0.581. The van der Waals surface area contributed by atoms with Crippen LogP contribution in [0.15, 0.2) is 24.8 Å². The fraction of sp³-hybridized carbons (Fsp3) is 0.636. The summed E-state index contributed by atoms with van der Waals surface area (Å²) in [7, 11) is 0. The van der Waals surface area contributed by atoms with Gasteiger partial charge in [0, 0.05) is 0 Å². The van der Waals surface area contributed by atoms with Crippen molar-refractivity contribution >= 4 is 0 Å². The Balaban J connectivity index is 0. The maximum Gasteiger partial charge on any atom is -0.0325 e. The molecule has 0 spiro atoms. The van der Waals surface area contributed by atoms with Gasteiger partial charge in [-0.05, 0) is 25.7 Å². The first kappa shape index (κ1) is 13.1. The van der Waals surface area contributed by atoms with Crippen LogP contribution in [0.5, 0.6) is 0 Å². The SMILES string of the molecule is C=C.CC/C(C)=C\CC(C)C. The summed E-state index contributed by atoms with van der Waals surface area (Å²) < 4.78 is 0. The van der Waals surface area contributed by atoms with Gasteiger partial charge in [-0.3, -0.25) is 0 Å². The topological polar surface area (TPSA) is 0 Å². The number of rotatable bonds is 3. The van der Waals surface area contributed by atoms with Gasteiger partial charge in [-0.1, -0.05) is 32.4 Å². The highest BCUT2D eigenvalue weighted by atomic mass is 13.9. The second-order valence-corrected chi connectivity index (χ2v) is 3.03. The Morgan fingerprint density at radius 1 is 1.36 bits per heavy atom. The van der Waals surface area contributed by atoms with Crippen molar-refractivity contribution in [2.45, 2.75) is 40.5 Å². The lowest BCUT2D eigenvalue weighted by atomic mass is 10.1. The molecular formula is C11H22. The smallest absolute Gasteiger partial charge is 0.0325 e. The Labute approximate surface area is 72.0 Å². The Kier molecular flexibility index (Phi) is 11.3. The van der Waals surface area contributed by atoms with E-state index in [1.807, 2.05) is 0 Å². The molecule has 0 aliphatic carbocycles. The normalized spacial score (nSPS) is 10.8. The average molecular weight is 154 g/mol. The summed E-state index contributed by atoms with van der Waals surface area (Å²) in [5.41, 5.74) is 1.52. The molecular weight excluding hydrogens is 132 g/mol. The molecule has 0 N–H and O–H groups in total. The van der Waals surface area contributed by atoms with E-state index >= 15 is 0 Å². The molecule has 0 saturated heterocycles. The molecule has 0 bridgehead atoms. The molecule has 0 unspecified atom stereocenters. The van der Waals surface area contributed by atoms with E-state index in [4.69, 9.17) is 0 Å². The van der Waals surface area contributed by atoms with Gasteiger partial charge in [0.1, 0.15) is 0 Å². The van der Waals surface area contributed by atoms with Crippen molar-refractivity contribution in [1.29, 1.82) is 0 Å². The van der Waals surface area contributed by atoms with Gasteiger partial charge in [-0.25, -0.2) is 0 Å². The highest BCUT2D eigenvalue weighted by Crippen LogP contribution is 2.05. The summed E-state index contributed by atoms with van der Waals surface area (Å²) in [6.07, 6.45) is 4.77. The zero-order valence-electron chi connectivity index (χ0n) is 8.48. The molecule has 0 fully saturated rings. The summed E-state index contributed by atoms with van der Waals surface area (Å²) in [6.45, 7) is 14.9. The highest BCUT2D eigenvalue weighted by molar-refractivity contribution is 4.96. The first-order valence-corrected chi connectivity index (χ1v) is 4.32. The van der Waals surface area contributed by atoms with Crippen molar-refractivity contribution in [3.63, 3.8) is 0 Å². The van der Waals surface area contributed by atoms with Gasteiger partial charge >= 0.3 is 0 Å². The zero-order valence-corrected chi connectivity index (χ0v) is 8.48. The Morgan fingerprint density at radius 2 is 1.82 bits per heavy atom. The van der Waals surface area contributed by atoms with Gasteiger partial charge in [-0.2, -0.15) is 0 Å². The van der Waals surface area contributed by atoms with Gasteiger partial charge in [0.05, 0.1) is 0 Å². The first-order valence-electron chi connectivity index (χ1n) is 4.32. The zero-order chi connectivity index (χ0) is 9.28. The molecule has 0 aromatic heterocycles. The van der Waals surface area contributed by atoms with Crippen LogP contribution in [0.1, 0.15) is 40.5 Å². The highest BCUT2D eigenvalue weighted by Gasteiger charge is 1.88. The minimum Gasteiger partial charge on any atom is -0.106 e. The molecule has 0 aliphatic heterocycles. The van der Waals surface area contributed by atoms with E-state index in [0.717, 1.165) is 5.92 Å². The number of hydrogen-bond donors (Lipinski definition) is 0. The Bertz CT molecular complexity index is 98.6. The monoisotopic (exact) mass is 154 g/mol. The van der Waals surface area contributed by atoms with E-state index in [0.29, 0.717) is 0 Å². The molecule has 11 heavy (non-hydrogen) atoms. The minimum absolute atomic E-state index is 0.812. The van der Waals surface area contributed by atoms with Gasteiger partial charge in [-0.15, -0.1) is 13.2 Å². The third-order valence-corrected chi connectivity index (χ3v) is 1.50. The summed E-state index contributed by atoms with van der Waals surface area (Å²) in [5.74, 6) is 0.812. The van der Waals surface area contributed by atoms with Crippen LogP contribution in [0, 0.1) is 5.92 Å². The second-order valence-electron chi connectivity index (χ2n) is 3.03. The molecule has 0 atom stereocenters. The summed E-state index contributed by atoms with van der Waals surface area (Å²) >= 11 is 0. The molecule has 0 saturated carbocycles. The van der Waals surface area contributed by atoms with Crippen molar-refractivity contribution < 1.29 is 0 Å². The Morgan fingerprint density at radius 3 is 2.09 bits per heavy atom. The molecule has 0 aromatic rings. The Hall–Kier alpha value is -0.520. The van der Waals surface area contributed by atoms with Crippen molar-refractivity contribution in [3.8, 4) is 0 Å². The predicted molar refractivity (Wildman–Crippen MR) is 54.8 cm³/mol. The van der Waals surface area contributed by atoms with E-state index in [1.165, 1.54) is 18.4 Å². The number of hydrogen-bond acceptors (Lipinski definition) is 0. The lowest BCUT2D eigenvalue weighted by Gasteiger charge is -1.99. The van der Waals surface area contributed by atoms with Gasteiger partial charge in [0.2, 0.25) is 0 Å². The third-order valence-electron chi connectivity index (χ3n) is 1.50. The van der Waals surface area contributed by atoms with Crippen LogP contribution in [0.4, 0.5) is 0 Å². The quantitative estimate of drug-likeness (QED) is 0.535. The van der Waals surface area contributed by atoms with Crippen LogP contribution in [0.2, 0.25) is 0 Å². The average Bonchev–Trinajstić information content (AvgIpc) is 2.04. The molecule has 0 radical (unpaired) electrons. The molecule has 0 heteroatoms. The van der Waals surface area contributed by atoms with Crippen molar-refractivity contribution in [2.24, 2.45) is 5.92 Å².